The molecule has 0 bridgehead atoms. The van der Waals surface area contributed by atoms with Crippen LogP contribution in [0.1, 0.15) is 32.9 Å². The lowest BCUT2D eigenvalue weighted by molar-refractivity contribution is -0.132. The highest BCUT2D eigenvalue weighted by Crippen LogP contribution is 2.38. The Labute approximate surface area is 171 Å². The fourth-order valence-corrected chi connectivity index (χ4v) is 5.12. The van der Waals surface area contributed by atoms with Crippen molar-refractivity contribution in [2.45, 2.75) is 32.9 Å². The first-order chi connectivity index (χ1) is 13.8. The number of aromatic nitrogens is 1. The summed E-state index contributed by atoms with van der Waals surface area (Å²) < 4.78 is 1.60. The van der Waals surface area contributed by atoms with Gasteiger partial charge in [-0.1, -0.05) is 6.07 Å². The number of aryl methyl sites for hydroxylation is 1. The number of likely N-dealkylation sites (N-methyl/N-ethyl adjacent to an activating group) is 1. The third-order valence-corrected chi connectivity index (χ3v) is 6.55. The van der Waals surface area contributed by atoms with E-state index in [4.69, 9.17) is 0 Å². The van der Waals surface area contributed by atoms with Gasteiger partial charge in [-0.15, -0.1) is 11.3 Å². The molecule has 2 aromatic rings. The maximum atomic E-state index is 12.7. The zero-order valence-electron chi connectivity index (χ0n) is 16.4. The van der Waals surface area contributed by atoms with Crippen LogP contribution in [0.25, 0.3) is 0 Å². The predicted octanol–water partition coefficient (Wildman–Crippen LogP) is 1.22. The minimum absolute atomic E-state index is 0.0260. The number of hydrogen-bond donors (Lipinski definition) is 1. The smallest absolute Gasteiger partial charge is 0.257 e. The Morgan fingerprint density at radius 3 is 2.76 bits per heavy atom. The van der Waals surface area contributed by atoms with E-state index in [-0.39, 0.29) is 36.2 Å². The van der Waals surface area contributed by atoms with Crippen LogP contribution in [0.2, 0.25) is 0 Å². The molecule has 0 spiro atoms. The van der Waals surface area contributed by atoms with Crippen molar-refractivity contribution in [2.24, 2.45) is 0 Å². The molecule has 0 saturated carbocycles. The average Bonchev–Trinajstić information content (AvgIpc) is 2.98. The molecule has 152 valence electrons. The van der Waals surface area contributed by atoms with Gasteiger partial charge in [0.25, 0.3) is 11.5 Å². The molecule has 2 aliphatic rings. The summed E-state index contributed by atoms with van der Waals surface area (Å²) in [6.07, 6.45) is 0.816. The summed E-state index contributed by atoms with van der Waals surface area (Å²) in [5.74, 6) is -0.397. The summed E-state index contributed by atoms with van der Waals surface area (Å²) in [5, 5.41) is 3.40. The van der Waals surface area contributed by atoms with E-state index in [0.717, 1.165) is 16.1 Å². The molecule has 0 unspecified atom stereocenters. The number of carbonyl (C=O) groups is 3. The number of carbonyl (C=O) groups excluding carboxylic acids is 3. The van der Waals surface area contributed by atoms with Crippen molar-refractivity contribution in [1.82, 2.24) is 14.4 Å². The fourth-order valence-electron chi connectivity index (χ4n) is 3.85. The molecule has 0 aliphatic carbocycles. The molecule has 4 heterocycles. The molecule has 4 rings (SSSR count). The molecule has 2 aliphatic heterocycles. The van der Waals surface area contributed by atoms with E-state index in [2.05, 4.69) is 5.32 Å². The largest absolute Gasteiger partial charge is 0.337 e. The molecular weight excluding hydrogens is 392 g/mol. The van der Waals surface area contributed by atoms with Gasteiger partial charge in [-0.2, -0.15) is 0 Å². The van der Waals surface area contributed by atoms with E-state index in [1.165, 1.54) is 22.3 Å². The molecule has 0 aromatic carbocycles. The molecule has 0 saturated heterocycles. The maximum Gasteiger partial charge on any atom is 0.257 e. The number of hydrogen-bond acceptors (Lipinski definition) is 5. The fraction of sp³-hybridized carbons (Fsp3) is 0.400. The Bertz CT molecular complexity index is 1070. The van der Waals surface area contributed by atoms with Gasteiger partial charge in [0, 0.05) is 43.2 Å². The summed E-state index contributed by atoms with van der Waals surface area (Å²) >= 11 is 1.37. The van der Waals surface area contributed by atoms with E-state index in [1.807, 2.05) is 13.0 Å². The number of fused-ring (bicyclic) bond motifs is 3. The van der Waals surface area contributed by atoms with Crippen LogP contribution in [0.15, 0.2) is 23.0 Å². The van der Waals surface area contributed by atoms with Crippen molar-refractivity contribution >= 4 is 34.1 Å². The number of nitrogens with zero attached hydrogens (tertiary/aromatic N) is 3. The van der Waals surface area contributed by atoms with Gasteiger partial charge in [-0.25, -0.2) is 0 Å². The molecule has 9 heteroatoms. The monoisotopic (exact) mass is 414 g/mol. The lowest BCUT2D eigenvalue weighted by Gasteiger charge is -2.28. The molecular formula is C20H22N4O4S. The molecule has 3 amide bonds. The molecule has 0 fully saturated rings. The van der Waals surface area contributed by atoms with Crippen LogP contribution in [0, 0.1) is 6.92 Å². The summed E-state index contributed by atoms with van der Waals surface area (Å²) in [6.45, 7) is 3.16. The second kappa shape index (κ2) is 7.47. The van der Waals surface area contributed by atoms with E-state index in [0.29, 0.717) is 36.6 Å². The van der Waals surface area contributed by atoms with Crippen molar-refractivity contribution in [3.05, 3.63) is 50.3 Å². The van der Waals surface area contributed by atoms with Crippen molar-refractivity contribution in [3.63, 3.8) is 0 Å². The minimum atomic E-state index is -0.213. The average molecular weight is 414 g/mol. The lowest BCUT2D eigenvalue weighted by Crippen LogP contribution is -2.37. The number of pyridine rings is 1. The van der Waals surface area contributed by atoms with E-state index < -0.39 is 0 Å². The lowest BCUT2D eigenvalue weighted by atomic mass is 10.0. The molecule has 1 N–H and O–H groups in total. The van der Waals surface area contributed by atoms with Gasteiger partial charge < -0.3 is 19.7 Å². The SMILES string of the molecule is Cc1cccc(=O)n1CCC(=O)N1CCc2c(sc3c2C(=O)N(C)CC(=O)N3)C1. The van der Waals surface area contributed by atoms with Crippen molar-refractivity contribution in [3.8, 4) is 0 Å². The first kappa shape index (κ1) is 19.4. The minimum Gasteiger partial charge on any atom is -0.337 e. The topological polar surface area (TPSA) is 91.7 Å². The van der Waals surface area contributed by atoms with Gasteiger partial charge in [-0.3, -0.25) is 19.2 Å². The van der Waals surface area contributed by atoms with Crippen LogP contribution in [0.3, 0.4) is 0 Å². The normalized spacial score (nSPS) is 16.2. The molecule has 8 nitrogen and oxygen atoms in total. The standard InChI is InChI=1S/C20H22N4O4S/c1-12-4-3-5-17(27)24(12)9-7-16(26)23-8-6-13-14(10-23)29-19-18(13)20(28)22(2)11-15(25)21-19/h3-5H,6-11H2,1-2H3,(H,21,25). The third-order valence-electron chi connectivity index (χ3n) is 5.42. The van der Waals surface area contributed by atoms with Crippen molar-refractivity contribution < 1.29 is 14.4 Å². The Kier molecular flexibility index (Phi) is 4.99. The summed E-state index contributed by atoms with van der Waals surface area (Å²) in [4.78, 5) is 53.5. The van der Waals surface area contributed by atoms with Crippen LogP contribution in [0.4, 0.5) is 5.00 Å². The van der Waals surface area contributed by atoms with Crippen LogP contribution in [0.5, 0.6) is 0 Å². The quantitative estimate of drug-likeness (QED) is 0.818. The number of anilines is 1. The molecule has 2 aromatic heterocycles. The number of rotatable bonds is 3. The van der Waals surface area contributed by atoms with E-state index in [9.17, 15) is 19.2 Å². The summed E-state index contributed by atoms with van der Waals surface area (Å²) in [5.41, 5.74) is 2.21. The van der Waals surface area contributed by atoms with Gasteiger partial charge >= 0.3 is 0 Å². The van der Waals surface area contributed by atoms with Gasteiger partial charge in [0.05, 0.1) is 18.7 Å². The van der Waals surface area contributed by atoms with E-state index >= 15 is 0 Å². The Balaban J connectivity index is 1.50. The highest BCUT2D eigenvalue weighted by molar-refractivity contribution is 7.17. The number of amides is 3. The maximum absolute atomic E-state index is 12.7. The third kappa shape index (κ3) is 3.57. The van der Waals surface area contributed by atoms with E-state index in [1.54, 1.807) is 22.6 Å². The number of nitrogens with one attached hydrogen (secondary N) is 1. The highest BCUT2D eigenvalue weighted by Gasteiger charge is 2.33. The second-order valence-electron chi connectivity index (χ2n) is 7.39. The van der Waals surface area contributed by atoms with Gasteiger partial charge in [0.15, 0.2) is 0 Å². The zero-order chi connectivity index (χ0) is 20.7. The van der Waals surface area contributed by atoms with Gasteiger partial charge in [0.2, 0.25) is 11.8 Å². The van der Waals surface area contributed by atoms with Crippen LogP contribution in [-0.2, 0) is 29.1 Å². The van der Waals surface area contributed by atoms with Crippen LogP contribution < -0.4 is 10.9 Å². The van der Waals surface area contributed by atoms with Crippen LogP contribution in [-0.4, -0.2) is 52.2 Å². The first-order valence-electron chi connectivity index (χ1n) is 9.49. The molecule has 29 heavy (non-hydrogen) atoms. The summed E-state index contributed by atoms with van der Waals surface area (Å²) in [6, 6.07) is 5.05. The van der Waals surface area contributed by atoms with Crippen molar-refractivity contribution in [1.29, 1.82) is 0 Å². The highest BCUT2D eigenvalue weighted by atomic mass is 32.1. The zero-order valence-corrected chi connectivity index (χ0v) is 17.2. The van der Waals surface area contributed by atoms with Crippen LogP contribution >= 0.6 is 11.3 Å². The van der Waals surface area contributed by atoms with Gasteiger partial charge in [-0.05, 0) is 25.0 Å². The van der Waals surface area contributed by atoms with Gasteiger partial charge in [0.1, 0.15) is 5.00 Å². The second-order valence-corrected chi connectivity index (χ2v) is 8.49. The molecule has 0 atom stereocenters. The Hall–Kier alpha value is -2.94. The number of thiophene rings is 1. The Morgan fingerprint density at radius 2 is 2.00 bits per heavy atom. The predicted molar refractivity (Wildman–Crippen MR) is 109 cm³/mol. The first-order valence-corrected chi connectivity index (χ1v) is 10.3. The Morgan fingerprint density at radius 1 is 1.21 bits per heavy atom. The summed E-state index contributed by atoms with van der Waals surface area (Å²) in [7, 11) is 1.62. The molecule has 0 radical (unpaired) electrons. The van der Waals surface area contributed by atoms with Crippen molar-refractivity contribution in [2.75, 3.05) is 25.5 Å².